The average molecular weight is 363 g/mol. The lowest BCUT2D eigenvalue weighted by Gasteiger charge is -2.30. The standard InChI is InChI=1S/C16H24ClFN2O2S/c1-19(12-14-15(17)10-7-11-16(14)18)23(21,22)20(2)13-8-5-3-4-6-9-13/h7,10-11,13H,3-6,8-9,12H2,1-2H3. The van der Waals surface area contributed by atoms with Gasteiger partial charge in [0, 0.05) is 37.3 Å². The lowest BCUT2D eigenvalue weighted by atomic mass is 10.1. The fourth-order valence-electron chi connectivity index (χ4n) is 3.02. The Hall–Kier alpha value is -0.690. The molecule has 0 radical (unpaired) electrons. The lowest BCUT2D eigenvalue weighted by Crippen LogP contribution is -2.44. The van der Waals surface area contributed by atoms with Gasteiger partial charge < -0.3 is 0 Å². The molecule has 0 spiro atoms. The maximum atomic E-state index is 13.9. The summed E-state index contributed by atoms with van der Waals surface area (Å²) in [5.41, 5.74) is 0.203. The van der Waals surface area contributed by atoms with Gasteiger partial charge >= 0.3 is 0 Å². The molecule has 4 nitrogen and oxygen atoms in total. The zero-order valence-electron chi connectivity index (χ0n) is 13.6. The van der Waals surface area contributed by atoms with Crippen molar-refractivity contribution in [3.05, 3.63) is 34.6 Å². The molecule has 1 aromatic carbocycles. The molecule has 1 aliphatic carbocycles. The van der Waals surface area contributed by atoms with Crippen LogP contribution in [0.25, 0.3) is 0 Å². The normalized spacial score (nSPS) is 17.7. The first-order chi connectivity index (χ1) is 10.8. The van der Waals surface area contributed by atoms with Crippen LogP contribution < -0.4 is 0 Å². The molecular formula is C16H24ClFN2O2S. The van der Waals surface area contributed by atoms with Gasteiger partial charge in [-0.15, -0.1) is 0 Å². The van der Waals surface area contributed by atoms with E-state index in [9.17, 15) is 12.8 Å². The number of rotatable bonds is 5. The molecule has 0 bridgehead atoms. The zero-order chi connectivity index (χ0) is 17.0. The third kappa shape index (κ3) is 4.44. The number of halogens is 2. The fraction of sp³-hybridized carbons (Fsp3) is 0.625. The minimum absolute atomic E-state index is 0.0149. The average Bonchev–Trinajstić information content (AvgIpc) is 2.79. The van der Waals surface area contributed by atoms with Crippen molar-refractivity contribution in [2.45, 2.75) is 51.1 Å². The number of benzene rings is 1. The highest BCUT2D eigenvalue weighted by Crippen LogP contribution is 2.26. The Morgan fingerprint density at radius 2 is 1.78 bits per heavy atom. The summed E-state index contributed by atoms with van der Waals surface area (Å²) < 4.78 is 42.0. The molecule has 0 atom stereocenters. The van der Waals surface area contributed by atoms with Crippen LogP contribution in [-0.2, 0) is 16.8 Å². The van der Waals surface area contributed by atoms with Crippen molar-refractivity contribution in [3.63, 3.8) is 0 Å². The van der Waals surface area contributed by atoms with Crippen molar-refractivity contribution in [2.24, 2.45) is 0 Å². The molecule has 0 amide bonds. The van der Waals surface area contributed by atoms with Crippen LogP contribution in [0, 0.1) is 5.82 Å². The van der Waals surface area contributed by atoms with Crippen LogP contribution in [0.1, 0.15) is 44.1 Å². The van der Waals surface area contributed by atoms with Gasteiger partial charge in [-0.05, 0) is 25.0 Å². The second kappa shape index (κ2) is 7.92. The van der Waals surface area contributed by atoms with E-state index >= 15 is 0 Å². The number of nitrogens with zero attached hydrogens (tertiary/aromatic N) is 2. The Morgan fingerprint density at radius 1 is 1.17 bits per heavy atom. The number of hydrogen-bond acceptors (Lipinski definition) is 2. The molecule has 1 aliphatic rings. The van der Waals surface area contributed by atoms with Gasteiger partial charge in [0.1, 0.15) is 5.82 Å². The van der Waals surface area contributed by atoms with Crippen LogP contribution in [0.2, 0.25) is 5.02 Å². The summed E-state index contributed by atoms with van der Waals surface area (Å²) in [5.74, 6) is -0.489. The lowest BCUT2D eigenvalue weighted by molar-refractivity contribution is 0.305. The monoisotopic (exact) mass is 362 g/mol. The highest BCUT2D eigenvalue weighted by atomic mass is 35.5. The predicted octanol–water partition coefficient (Wildman–Crippen LogP) is 3.81. The third-order valence-electron chi connectivity index (χ3n) is 4.54. The molecule has 23 heavy (non-hydrogen) atoms. The van der Waals surface area contributed by atoms with Crippen molar-refractivity contribution < 1.29 is 12.8 Å². The van der Waals surface area contributed by atoms with Gasteiger partial charge in [0.05, 0.1) is 0 Å². The van der Waals surface area contributed by atoms with Crippen LogP contribution in [-0.4, -0.2) is 37.2 Å². The second-order valence-corrected chi connectivity index (χ2v) is 8.63. The van der Waals surface area contributed by atoms with Crippen LogP contribution >= 0.6 is 11.6 Å². The molecule has 130 valence electrons. The summed E-state index contributed by atoms with van der Waals surface area (Å²) in [4.78, 5) is 0. The van der Waals surface area contributed by atoms with Gasteiger partial charge in [-0.25, -0.2) is 4.39 Å². The largest absolute Gasteiger partial charge is 0.282 e. The molecule has 1 fully saturated rings. The molecular weight excluding hydrogens is 339 g/mol. The van der Waals surface area contributed by atoms with Gasteiger partial charge in [-0.1, -0.05) is 43.4 Å². The maximum absolute atomic E-state index is 13.9. The van der Waals surface area contributed by atoms with Gasteiger partial charge in [-0.2, -0.15) is 17.0 Å². The topological polar surface area (TPSA) is 40.6 Å². The Labute approximate surface area is 143 Å². The van der Waals surface area contributed by atoms with E-state index in [1.807, 2.05) is 0 Å². The van der Waals surface area contributed by atoms with E-state index in [0.717, 1.165) is 38.5 Å². The summed E-state index contributed by atoms with van der Waals surface area (Å²) in [6.45, 7) is -0.0785. The minimum Gasteiger partial charge on any atom is -0.207 e. The van der Waals surface area contributed by atoms with E-state index in [-0.39, 0.29) is 23.2 Å². The zero-order valence-corrected chi connectivity index (χ0v) is 15.2. The van der Waals surface area contributed by atoms with Gasteiger partial charge in [0.15, 0.2) is 0 Å². The molecule has 0 N–H and O–H groups in total. The summed E-state index contributed by atoms with van der Waals surface area (Å²) in [5, 5.41) is 0.240. The fourth-order valence-corrected chi connectivity index (χ4v) is 4.56. The molecule has 0 aromatic heterocycles. The van der Waals surface area contributed by atoms with Crippen LogP contribution in [0.15, 0.2) is 18.2 Å². The van der Waals surface area contributed by atoms with E-state index < -0.39 is 16.0 Å². The first-order valence-corrected chi connectivity index (χ1v) is 9.73. The molecule has 0 heterocycles. The van der Waals surface area contributed by atoms with E-state index in [4.69, 9.17) is 11.6 Å². The van der Waals surface area contributed by atoms with Crippen LogP contribution in [0.4, 0.5) is 4.39 Å². The number of hydrogen-bond donors (Lipinski definition) is 0. The highest BCUT2D eigenvalue weighted by Gasteiger charge is 2.31. The molecule has 1 saturated carbocycles. The van der Waals surface area contributed by atoms with E-state index in [2.05, 4.69) is 0 Å². The molecule has 7 heteroatoms. The Bertz CT molecular complexity index is 611. The summed E-state index contributed by atoms with van der Waals surface area (Å²) >= 11 is 6.00. The second-order valence-electron chi connectivity index (χ2n) is 6.13. The maximum Gasteiger partial charge on any atom is 0.282 e. The predicted molar refractivity (Wildman–Crippen MR) is 91.0 cm³/mol. The SMILES string of the molecule is CN(Cc1c(F)cccc1Cl)S(=O)(=O)N(C)C1CCCCCC1. The van der Waals surface area contributed by atoms with E-state index in [1.54, 1.807) is 13.1 Å². The third-order valence-corrected chi connectivity index (χ3v) is 6.84. The minimum atomic E-state index is -3.65. The Balaban J connectivity index is 2.14. The quantitative estimate of drug-likeness (QED) is 0.747. The first kappa shape index (κ1) is 18.6. The van der Waals surface area contributed by atoms with Gasteiger partial charge in [-0.3, -0.25) is 0 Å². The van der Waals surface area contributed by atoms with Gasteiger partial charge in [0.2, 0.25) is 0 Å². The van der Waals surface area contributed by atoms with Crippen molar-refractivity contribution in [1.29, 1.82) is 0 Å². The van der Waals surface area contributed by atoms with Crippen molar-refractivity contribution >= 4 is 21.8 Å². The van der Waals surface area contributed by atoms with Crippen LogP contribution in [0.3, 0.4) is 0 Å². The van der Waals surface area contributed by atoms with Gasteiger partial charge in [0.25, 0.3) is 10.2 Å². The molecule has 0 saturated heterocycles. The molecule has 0 aliphatic heterocycles. The Morgan fingerprint density at radius 3 is 2.35 bits per heavy atom. The van der Waals surface area contributed by atoms with E-state index in [0.29, 0.717) is 0 Å². The van der Waals surface area contributed by atoms with Crippen molar-refractivity contribution in [2.75, 3.05) is 14.1 Å². The van der Waals surface area contributed by atoms with E-state index in [1.165, 1.54) is 27.8 Å². The van der Waals surface area contributed by atoms with Crippen molar-refractivity contribution in [1.82, 2.24) is 8.61 Å². The first-order valence-electron chi connectivity index (χ1n) is 7.96. The molecule has 0 unspecified atom stereocenters. The summed E-state index contributed by atoms with van der Waals surface area (Å²) in [6, 6.07) is 4.38. The van der Waals surface area contributed by atoms with Crippen molar-refractivity contribution in [3.8, 4) is 0 Å². The summed E-state index contributed by atoms with van der Waals surface area (Å²) in [7, 11) is -0.566. The highest BCUT2D eigenvalue weighted by molar-refractivity contribution is 7.86. The van der Waals surface area contributed by atoms with Crippen LogP contribution in [0.5, 0.6) is 0 Å². The molecule has 2 rings (SSSR count). The Kier molecular flexibility index (Phi) is 6.42. The molecule has 1 aromatic rings. The summed E-state index contributed by atoms with van der Waals surface area (Å²) in [6.07, 6.45) is 6.17. The smallest absolute Gasteiger partial charge is 0.207 e.